The van der Waals surface area contributed by atoms with Gasteiger partial charge in [0.05, 0.1) is 35.8 Å². The summed E-state index contributed by atoms with van der Waals surface area (Å²) < 4.78 is 7.49. The molecule has 0 saturated carbocycles. The molecular weight excluding hydrogens is 398 g/mol. The lowest BCUT2D eigenvalue weighted by atomic mass is 9.74. The summed E-state index contributed by atoms with van der Waals surface area (Å²) >= 11 is 7.72. The number of anilines is 1. The van der Waals surface area contributed by atoms with Crippen LogP contribution in [-0.2, 0) is 4.74 Å². The van der Waals surface area contributed by atoms with Gasteiger partial charge in [0, 0.05) is 29.4 Å². The Morgan fingerprint density at radius 2 is 2.07 bits per heavy atom. The highest BCUT2D eigenvalue weighted by molar-refractivity contribution is 7.99. The normalized spacial score (nSPS) is 24.0. The molecule has 0 radical (unpaired) electrons. The molecule has 4 rings (SSSR count). The minimum absolute atomic E-state index is 0.00293. The van der Waals surface area contributed by atoms with E-state index in [1.54, 1.807) is 16.9 Å². The van der Waals surface area contributed by atoms with Crippen molar-refractivity contribution in [3.63, 3.8) is 0 Å². The van der Waals surface area contributed by atoms with Crippen molar-refractivity contribution in [3.05, 3.63) is 46.0 Å². The van der Waals surface area contributed by atoms with Gasteiger partial charge in [-0.05, 0) is 31.9 Å². The Morgan fingerprint density at radius 1 is 1.32 bits per heavy atom. The highest BCUT2D eigenvalue weighted by Crippen LogP contribution is 2.41. The minimum atomic E-state index is -0.165. The maximum atomic E-state index is 12.6. The number of nitrogens with zero attached hydrogens (tertiary/aromatic N) is 3. The van der Waals surface area contributed by atoms with Gasteiger partial charge in [-0.25, -0.2) is 4.68 Å². The topological polar surface area (TPSA) is 99.4 Å². The molecule has 2 aromatic rings. The number of aromatic nitrogens is 2. The molecule has 1 aromatic heterocycles. The van der Waals surface area contributed by atoms with Crippen molar-refractivity contribution in [2.75, 3.05) is 30.4 Å². The lowest BCUT2D eigenvalue weighted by molar-refractivity contribution is 0.0952. The van der Waals surface area contributed by atoms with Gasteiger partial charge >= 0.3 is 0 Å². The van der Waals surface area contributed by atoms with Gasteiger partial charge in [0.2, 0.25) is 0 Å². The molecule has 2 fully saturated rings. The molecule has 0 unspecified atom stereocenters. The molecule has 2 saturated heterocycles. The van der Waals surface area contributed by atoms with Gasteiger partial charge in [0.15, 0.2) is 0 Å². The Morgan fingerprint density at radius 3 is 2.75 bits per heavy atom. The average Bonchev–Trinajstić information content (AvgIpc) is 2.95. The maximum Gasteiger partial charge on any atom is 0.288 e. The Hall–Kier alpha value is -1.74. The molecular formula is C19H24ClN5O2S. The summed E-state index contributed by atoms with van der Waals surface area (Å²) in [5.74, 6) is 0. The number of rotatable bonds is 3. The van der Waals surface area contributed by atoms with Crippen LogP contribution in [-0.4, -0.2) is 41.5 Å². The van der Waals surface area contributed by atoms with E-state index in [9.17, 15) is 4.79 Å². The van der Waals surface area contributed by atoms with Gasteiger partial charge in [-0.1, -0.05) is 29.4 Å². The van der Waals surface area contributed by atoms with Crippen LogP contribution < -0.4 is 22.0 Å². The highest BCUT2D eigenvalue weighted by atomic mass is 35.5. The molecule has 2 atom stereocenters. The van der Waals surface area contributed by atoms with E-state index in [0.29, 0.717) is 22.3 Å². The monoisotopic (exact) mass is 421 g/mol. The van der Waals surface area contributed by atoms with Crippen LogP contribution >= 0.6 is 23.4 Å². The van der Waals surface area contributed by atoms with Crippen LogP contribution in [0.15, 0.2) is 45.3 Å². The summed E-state index contributed by atoms with van der Waals surface area (Å²) in [7, 11) is 0. The minimum Gasteiger partial charge on any atom is -0.397 e. The summed E-state index contributed by atoms with van der Waals surface area (Å²) in [6.45, 7) is 4.18. The van der Waals surface area contributed by atoms with Crippen LogP contribution in [0.1, 0.15) is 19.8 Å². The number of halogens is 1. The van der Waals surface area contributed by atoms with Gasteiger partial charge in [0.1, 0.15) is 5.03 Å². The van der Waals surface area contributed by atoms with Crippen LogP contribution in [0.4, 0.5) is 5.69 Å². The molecule has 0 amide bonds. The van der Waals surface area contributed by atoms with Gasteiger partial charge in [-0.2, -0.15) is 0 Å². The quantitative estimate of drug-likeness (QED) is 0.732. The van der Waals surface area contributed by atoms with Crippen molar-refractivity contribution in [1.29, 1.82) is 0 Å². The fourth-order valence-corrected chi connectivity index (χ4v) is 5.29. The SMILES string of the molecule is C[C@@H]1OCC2(CCN(n3c(Sc4cccc(N)c4Cl)cncc3=O)CC2)[C@@H]1N. The van der Waals surface area contributed by atoms with Crippen molar-refractivity contribution in [2.24, 2.45) is 11.1 Å². The van der Waals surface area contributed by atoms with Crippen LogP contribution in [0.25, 0.3) is 0 Å². The number of hydrogen-bond acceptors (Lipinski definition) is 7. The molecule has 0 bridgehead atoms. The fourth-order valence-electron chi connectivity index (χ4n) is 4.06. The number of nitrogens with two attached hydrogens (primary N) is 2. The zero-order chi connectivity index (χ0) is 19.9. The molecule has 28 heavy (non-hydrogen) atoms. The molecule has 1 aromatic carbocycles. The second-order valence-electron chi connectivity index (χ2n) is 7.51. The van der Waals surface area contributed by atoms with Crippen LogP contribution in [0.2, 0.25) is 5.02 Å². The number of piperidine rings is 1. The standard InChI is InChI=1S/C19H24ClN5O2S/c1-12-18(22)19(11-27-12)5-7-24(8-6-19)25-15(26)9-23-10-16(25)28-14-4-2-3-13(21)17(14)20/h2-4,9-10,12,18H,5-8,11,21-22H2,1H3/t12-,18+/m0/s1. The lowest BCUT2D eigenvalue weighted by Crippen LogP contribution is -2.55. The third-order valence-electron chi connectivity index (χ3n) is 5.86. The van der Waals surface area contributed by atoms with Crippen LogP contribution in [0.3, 0.4) is 0 Å². The van der Waals surface area contributed by atoms with Crippen LogP contribution in [0.5, 0.6) is 0 Å². The molecule has 0 aliphatic carbocycles. The van der Waals surface area contributed by atoms with Crippen molar-refractivity contribution < 1.29 is 4.74 Å². The molecule has 4 N–H and O–H groups in total. The maximum absolute atomic E-state index is 12.6. The van der Waals surface area contributed by atoms with E-state index in [-0.39, 0.29) is 23.1 Å². The second-order valence-corrected chi connectivity index (χ2v) is 8.96. The second kappa shape index (κ2) is 7.59. The van der Waals surface area contributed by atoms with E-state index >= 15 is 0 Å². The third kappa shape index (κ3) is 3.39. The van der Waals surface area contributed by atoms with E-state index in [1.807, 2.05) is 19.1 Å². The predicted octanol–water partition coefficient (Wildman–Crippen LogP) is 2.09. The molecule has 150 valence electrons. The van der Waals surface area contributed by atoms with E-state index in [2.05, 4.69) is 9.99 Å². The Balaban J connectivity index is 1.59. The van der Waals surface area contributed by atoms with Gasteiger partial charge in [-0.3, -0.25) is 9.78 Å². The average molecular weight is 422 g/mol. The first-order valence-corrected chi connectivity index (χ1v) is 10.5. The summed E-state index contributed by atoms with van der Waals surface area (Å²) in [6.07, 6.45) is 4.86. The first kappa shape index (κ1) is 19.6. The Labute approximate surface area is 173 Å². The van der Waals surface area contributed by atoms with Gasteiger partial charge in [-0.15, -0.1) is 0 Å². The zero-order valence-electron chi connectivity index (χ0n) is 15.7. The summed E-state index contributed by atoms with van der Waals surface area (Å²) in [6, 6.07) is 5.51. The van der Waals surface area contributed by atoms with E-state index < -0.39 is 0 Å². The van der Waals surface area contributed by atoms with Crippen molar-refractivity contribution in [3.8, 4) is 0 Å². The first-order chi connectivity index (χ1) is 13.4. The molecule has 9 heteroatoms. The van der Waals surface area contributed by atoms with E-state index in [4.69, 9.17) is 27.8 Å². The van der Waals surface area contributed by atoms with Crippen LogP contribution in [0, 0.1) is 5.41 Å². The smallest absolute Gasteiger partial charge is 0.288 e. The Bertz CT molecular complexity index is 929. The highest BCUT2D eigenvalue weighted by Gasteiger charge is 2.47. The van der Waals surface area contributed by atoms with Crippen molar-refractivity contribution >= 4 is 29.1 Å². The first-order valence-electron chi connectivity index (χ1n) is 9.33. The molecule has 7 nitrogen and oxygen atoms in total. The Kier molecular flexibility index (Phi) is 5.30. The molecule has 1 spiro atoms. The number of hydrogen-bond donors (Lipinski definition) is 2. The number of benzene rings is 1. The van der Waals surface area contributed by atoms with Crippen molar-refractivity contribution in [1.82, 2.24) is 9.66 Å². The van der Waals surface area contributed by atoms with E-state index in [1.165, 1.54) is 18.0 Å². The summed E-state index contributed by atoms with van der Waals surface area (Å²) in [5.41, 5.74) is 12.7. The summed E-state index contributed by atoms with van der Waals surface area (Å²) in [4.78, 5) is 17.5. The molecule has 2 aliphatic rings. The lowest BCUT2D eigenvalue weighted by Gasteiger charge is -2.42. The van der Waals surface area contributed by atoms with Gasteiger partial charge in [0.25, 0.3) is 5.56 Å². The fraction of sp³-hybridized carbons (Fsp3) is 0.474. The van der Waals surface area contributed by atoms with Gasteiger partial charge < -0.3 is 21.2 Å². The third-order valence-corrected chi connectivity index (χ3v) is 7.44. The number of nitrogen functional groups attached to an aromatic ring is 1. The number of ether oxygens (including phenoxy) is 1. The zero-order valence-corrected chi connectivity index (χ0v) is 17.2. The van der Waals surface area contributed by atoms with E-state index in [0.717, 1.165) is 30.8 Å². The largest absolute Gasteiger partial charge is 0.397 e. The summed E-state index contributed by atoms with van der Waals surface area (Å²) in [5, 5.41) is 3.25. The predicted molar refractivity (Wildman–Crippen MR) is 111 cm³/mol. The molecule has 2 aliphatic heterocycles. The van der Waals surface area contributed by atoms with Crippen molar-refractivity contribution in [2.45, 2.75) is 41.8 Å². The molecule has 3 heterocycles.